The van der Waals surface area contributed by atoms with E-state index in [2.05, 4.69) is 15.5 Å². The lowest BCUT2D eigenvalue weighted by molar-refractivity contribution is -0.114. The van der Waals surface area contributed by atoms with Crippen molar-refractivity contribution in [1.82, 2.24) is 10.2 Å². The van der Waals surface area contributed by atoms with E-state index in [1.54, 1.807) is 36.0 Å². The zero-order chi connectivity index (χ0) is 22.6. The van der Waals surface area contributed by atoms with Crippen molar-refractivity contribution in [2.24, 2.45) is 0 Å². The van der Waals surface area contributed by atoms with Crippen LogP contribution in [0.25, 0.3) is 0 Å². The van der Waals surface area contributed by atoms with Gasteiger partial charge in [0.15, 0.2) is 4.34 Å². The van der Waals surface area contributed by atoms with Crippen LogP contribution in [0.4, 0.5) is 10.8 Å². The van der Waals surface area contributed by atoms with Crippen LogP contribution in [-0.2, 0) is 14.8 Å². The van der Waals surface area contributed by atoms with E-state index in [4.69, 9.17) is 0 Å². The van der Waals surface area contributed by atoms with Crippen LogP contribution in [0.2, 0.25) is 0 Å². The first kappa shape index (κ1) is 23.2. The Bertz CT molecular complexity index is 1160. The molecular weight excluding hydrogens is 452 g/mol. The second-order valence-corrected chi connectivity index (χ2v) is 11.9. The smallest absolute Gasteiger partial charge is 0.264 e. The van der Waals surface area contributed by atoms with Gasteiger partial charge in [-0.05, 0) is 37.6 Å². The van der Waals surface area contributed by atoms with Gasteiger partial charge < -0.3 is 0 Å². The van der Waals surface area contributed by atoms with Crippen LogP contribution in [0.15, 0.2) is 57.8 Å². The van der Waals surface area contributed by atoms with Gasteiger partial charge in [0.1, 0.15) is 6.54 Å². The molecule has 0 saturated heterocycles. The SMILES string of the molecule is Cc1ccc(N(CC(=O)Nc2nnc(SC(C)C)s2)S(=O)(=O)c2ccccc2)c(C)c1. The van der Waals surface area contributed by atoms with Crippen molar-refractivity contribution in [1.29, 1.82) is 0 Å². The van der Waals surface area contributed by atoms with E-state index < -0.39 is 15.9 Å². The fourth-order valence-electron chi connectivity index (χ4n) is 2.90. The number of anilines is 2. The first-order chi connectivity index (χ1) is 14.7. The van der Waals surface area contributed by atoms with Crippen LogP contribution in [0.5, 0.6) is 0 Å². The summed E-state index contributed by atoms with van der Waals surface area (Å²) in [5.41, 5.74) is 2.23. The van der Waals surface area contributed by atoms with Crippen LogP contribution in [0.3, 0.4) is 0 Å². The van der Waals surface area contributed by atoms with Crippen molar-refractivity contribution in [3.8, 4) is 0 Å². The highest BCUT2D eigenvalue weighted by Crippen LogP contribution is 2.30. The molecule has 0 aliphatic rings. The molecular formula is C21H24N4O3S3. The number of hydrogen-bond donors (Lipinski definition) is 1. The van der Waals surface area contributed by atoms with Crippen molar-refractivity contribution >= 4 is 49.8 Å². The highest BCUT2D eigenvalue weighted by Gasteiger charge is 2.28. The summed E-state index contributed by atoms with van der Waals surface area (Å²) in [4.78, 5) is 12.9. The van der Waals surface area contributed by atoms with Crippen LogP contribution in [0.1, 0.15) is 25.0 Å². The summed E-state index contributed by atoms with van der Waals surface area (Å²) in [7, 11) is -3.95. The molecule has 2 aromatic carbocycles. The number of carbonyl (C=O) groups is 1. The fraction of sp³-hybridized carbons (Fsp3) is 0.286. The minimum absolute atomic E-state index is 0.120. The molecule has 0 aliphatic carbocycles. The maximum absolute atomic E-state index is 13.4. The number of carbonyl (C=O) groups excluding carboxylic acids is 1. The van der Waals surface area contributed by atoms with Gasteiger partial charge in [-0.1, -0.05) is 72.8 Å². The van der Waals surface area contributed by atoms with Gasteiger partial charge in [-0.15, -0.1) is 10.2 Å². The Kier molecular flexibility index (Phi) is 7.34. The maximum atomic E-state index is 13.4. The molecule has 0 fully saturated rings. The summed E-state index contributed by atoms with van der Waals surface area (Å²) >= 11 is 2.81. The molecule has 0 spiro atoms. The zero-order valence-electron chi connectivity index (χ0n) is 17.7. The normalized spacial score (nSPS) is 11.5. The molecule has 31 heavy (non-hydrogen) atoms. The third-order valence-electron chi connectivity index (χ3n) is 4.23. The Hall–Kier alpha value is -2.43. The summed E-state index contributed by atoms with van der Waals surface area (Å²) < 4.78 is 28.7. The average molecular weight is 477 g/mol. The van der Waals surface area contributed by atoms with E-state index in [1.165, 1.54) is 23.5 Å². The first-order valence-corrected chi connectivity index (χ1v) is 12.8. The number of rotatable bonds is 8. The molecule has 164 valence electrons. The summed E-state index contributed by atoms with van der Waals surface area (Å²) in [6, 6.07) is 13.5. The molecule has 3 aromatic rings. The highest BCUT2D eigenvalue weighted by molar-refractivity contribution is 8.01. The molecule has 10 heteroatoms. The third kappa shape index (κ3) is 5.84. The number of benzene rings is 2. The predicted octanol–water partition coefficient (Wildman–Crippen LogP) is 4.49. The van der Waals surface area contributed by atoms with E-state index in [9.17, 15) is 13.2 Å². The van der Waals surface area contributed by atoms with Crippen molar-refractivity contribution in [3.63, 3.8) is 0 Å². The molecule has 1 heterocycles. The molecule has 0 unspecified atom stereocenters. The van der Waals surface area contributed by atoms with Gasteiger partial charge in [0.05, 0.1) is 10.6 Å². The quantitative estimate of drug-likeness (QED) is 0.380. The molecule has 1 N–H and O–H groups in total. The predicted molar refractivity (Wildman–Crippen MR) is 126 cm³/mol. The lowest BCUT2D eigenvalue weighted by Gasteiger charge is -2.25. The molecule has 1 aromatic heterocycles. The standard InChI is InChI=1S/C21H24N4O3S3/c1-14(2)29-21-24-23-20(30-21)22-19(26)13-25(18-11-10-15(3)12-16(18)4)31(27,28)17-8-6-5-7-9-17/h5-12,14H,13H2,1-4H3,(H,22,23,26). The minimum atomic E-state index is -3.95. The van der Waals surface area contributed by atoms with E-state index in [-0.39, 0.29) is 11.4 Å². The van der Waals surface area contributed by atoms with Crippen LogP contribution >= 0.6 is 23.1 Å². The Morgan fingerprint density at radius 1 is 1.13 bits per heavy atom. The second kappa shape index (κ2) is 9.80. The van der Waals surface area contributed by atoms with Gasteiger partial charge in [-0.25, -0.2) is 8.42 Å². The van der Waals surface area contributed by atoms with Crippen molar-refractivity contribution < 1.29 is 13.2 Å². The molecule has 0 saturated carbocycles. The molecule has 0 bridgehead atoms. The lowest BCUT2D eigenvalue weighted by atomic mass is 10.1. The van der Waals surface area contributed by atoms with Crippen LogP contribution < -0.4 is 9.62 Å². The third-order valence-corrected chi connectivity index (χ3v) is 7.93. The Balaban J connectivity index is 1.90. The zero-order valence-corrected chi connectivity index (χ0v) is 20.1. The number of sulfonamides is 1. The summed E-state index contributed by atoms with van der Waals surface area (Å²) in [5.74, 6) is -0.489. The van der Waals surface area contributed by atoms with Gasteiger partial charge in [0.2, 0.25) is 11.0 Å². The van der Waals surface area contributed by atoms with Crippen molar-refractivity contribution in [2.45, 2.75) is 42.2 Å². The number of thioether (sulfide) groups is 1. The van der Waals surface area contributed by atoms with E-state index in [1.807, 2.05) is 39.8 Å². The van der Waals surface area contributed by atoms with Crippen LogP contribution in [-0.4, -0.2) is 36.3 Å². The van der Waals surface area contributed by atoms with Gasteiger partial charge in [0.25, 0.3) is 10.0 Å². The number of aryl methyl sites for hydroxylation is 2. The van der Waals surface area contributed by atoms with Gasteiger partial charge in [-0.2, -0.15) is 0 Å². The van der Waals surface area contributed by atoms with Gasteiger partial charge in [0, 0.05) is 5.25 Å². The summed E-state index contributed by atoms with van der Waals surface area (Å²) in [6.45, 7) is 7.46. The summed E-state index contributed by atoms with van der Waals surface area (Å²) in [5, 5.41) is 11.4. The average Bonchev–Trinajstić information content (AvgIpc) is 3.13. The highest BCUT2D eigenvalue weighted by atomic mass is 32.2. The van der Waals surface area contributed by atoms with E-state index >= 15 is 0 Å². The first-order valence-electron chi connectivity index (χ1n) is 9.62. The molecule has 7 nitrogen and oxygen atoms in total. The molecule has 1 amide bonds. The topological polar surface area (TPSA) is 92.3 Å². The molecule has 0 radical (unpaired) electrons. The van der Waals surface area contributed by atoms with Crippen molar-refractivity contribution in [3.05, 3.63) is 59.7 Å². The number of aromatic nitrogens is 2. The molecule has 3 rings (SSSR count). The molecule has 0 atom stereocenters. The minimum Gasteiger partial charge on any atom is -0.299 e. The number of amides is 1. The number of nitrogens with one attached hydrogen (secondary N) is 1. The Labute approximate surface area is 191 Å². The lowest BCUT2D eigenvalue weighted by Crippen LogP contribution is -2.38. The largest absolute Gasteiger partial charge is 0.299 e. The van der Waals surface area contributed by atoms with Gasteiger partial charge >= 0.3 is 0 Å². The monoisotopic (exact) mass is 476 g/mol. The Morgan fingerprint density at radius 3 is 2.48 bits per heavy atom. The summed E-state index contributed by atoms with van der Waals surface area (Å²) in [6.07, 6.45) is 0. The number of hydrogen-bond acceptors (Lipinski definition) is 7. The number of nitrogens with zero attached hydrogens (tertiary/aromatic N) is 3. The van der Waals surface area contributed by atoms with E-state index in [0.29, 0.717) is 16.1 Å². The Morgan fingerprint density at radius 2 is 1.84 bits per heavy atom. The maximum Gasteiger partial charge on any atom is 0.264 e. The van der Waals surface area contributed by atoms with E-state index in [0.717, 1.165) is 19.8 Å². The fourth-order valence-corrected chi connectivity index (χ4v) is 6.40. The second-order valence-electron chi connectivity index (χ2n) is 7.20. The van der Waals surface area contributed by atoms with Crippen molar-refractivity contribution in [2.75, 3.05) is 16.2 Å². The van der Waals surface area contributed by atoms with Gasteiger partial charge in [-0.3, -0.25) is 14.4 Å². The van der Waals surface area contributed by atoms with Crippen LogP contribution in [0, 0.1) is 13.8 Å². The molecule has 0 aliphatic heterocycles.